The molecule has 0 bridgehead atoms. The fraction of sp³-hybridized carbons (Fsp3) is 0. The van der Waals surface area contributed by atoms with Crippen LogP contribution in [0.4, 0.5) is 0 Å². The molecule has 0 aromatic heterocycles. The quantitative estimate of drug-likeness (QED) is 0.440. The third-order valence-corrected chi connectivity index (χ3v) is 0. The predicted octanol–water partition coefficient (Wildman–Crippen LogP) is 0.0388. The maximum atomic E-state index is 8.52. The fourth-order valence-electron chi connectivity index (χ4n) is 0. The molecule has 0 aromatic rings. The Balaban J connectivity index is 0. The van der Waals surface area contributed by atoms with E-state index in [2.05, 4.69) is 0 Å². The summed E-state index contributed by atoms with van der Waals surface area (Å²) >= 11 is -1.19. The normalized spacial score (nSPS) is 4.25. The molecule has 28 valence electrons. The Bertz CT molecular complexity index is 13.5. The molecule has 0 aliphatic rings. The minimum absolute atomic E-state index is 0. The zero-order valence-electron chi connectivity index (χ0n) is 1.81. The number of hydrogen-bond donors (Lipinski definition) is 1. The first-order chi connectivity index (χ1) is 1.41. The van der Waals surface area contributed by atoms with Gasteiger partial charge in [0.05, 0.1) is 0 Å². The van der Waals surface area contributed by atoms with Crippen molar-refractivity contribution in [1.82, 2.24) is 0 Å². The molecule has 0 aliphatic heterocycles. The summed E-state index contributed by atoms with van der Waals surface area (Å²) in [5, 5.41) is 0. The standard InChI is InChI=1S/Mn.H2N.H2O.O/h;2*1H2;/q+1;-1;;/p-1. The molecule has 4 heavy (non-hydrogen) atoms. The van der Waals surface area contributed by atoms with E-state index < -0.39 is 15.2 Å². The molecule has 3 nitrogen and oxygen atoms in total. The van der Waals surface area contributed by atoms with Crippen molar-refractivity contribution in [2.45, 2.75) is 0 Å². The van der Waals surface area contributed by atoms with E-state index >= 15 is 0 Å². The molecule has 0 radical (unpaired) electrons. The van der Waals surface area contributed by atoms with Gasteiger partial charge in [-0.1, -0.05) is 0 Å². The van der Waals surface area contributed by atoms with E-state index in [4.69, 9.17) is 8.02 Å². The van der Waals surface area contributed by atoms with Crippen molar-refractivity contribution in [1.29, 1.82) is 0 Å². The van der Waals surface area contributed by atoms with Crippen LogP contribution in [0.2, 0.25) is 0 Å². The molecule has 0 rings (SSSR count). The molecular weight excluding hydrogens is 101 g/mol. The van der Waals surface area contributed by atoms with Gasteiger partial charge in [0.1, 0.15) is 0 Å². The van der Waals surface area contributed by atoms with Crippen molar-refractivity contribution < 1.29 is 23.2 Å². The SMILES string of the molecule is [NH2-].[O]=[Mn][OH]. The van der Waals surface area contributed by atoms with Gasteiger partial charge in [0.25, 0.3) is 0 Å². The van der Waals surface area contributed by atoms with Crippen molar-refractivity contribution >= 4 is 0 Å². The molecule has 0 saturated heterocycles. The second-order valence-electron chi connectivity index (χ2n) is 0.0690. The van der Waals surface area contributed by atoms with Crippen LogP contribution < -0.4 is 0 Å². The van der Waals surface area contributed by atoms with Gasteiger partial charge >= 0.3 is 23.2 Å². The van der Waals surface area contributed by atoms with Gasteiger partial charge < -0.3 is 6.15 Å². The summed E-state index contributed by atoms with van der Waals surface area (Å²) in [6, 6.07) is 0. The van der Waals surface area contributed by atoms with E-state index in [1.807, 2.05) is 0 Å². The third kappa shape index (κ3) is 60.0. The Kier molecular flexibility index (Phi) is 23.5. The van der Waals surface area contributed by atoms with Gasteiger partial charge in [0.15, 0.2) is 0 Å². The van der Waals surface area contributed by atoms with Crippen LogP contribution in [0.5, 0.6) is 0 Å². The van der Waals surface area contributed by atoms with Gasteiger partial charge in [-0.15, -0.1) is 0 Å². The molecule has 0 aromatic carbocycles. The zero-order chi connectivity index (χ0) is 2.71. The summed E-state index contributed by atoms with van der Waals surface area (Å²) in [6.45, 7) is 0. The summed E-state index contributed by atoms with van der Waals surface area (Å²) in [6.07, 6.45) is 0. The van der Waals surface area contributed by atoms with E-state index in [1.54, 1.807) is 0 Å². The molecule has 0 spiro atoms. The molecule has 0 heterocycles. The van der Waals surface area contributed by atoms with Crippen LogP contribution >= 0.6 is 0 Å². The Labute approximate surface area is 30.3 Å². The van der Waals surface area contributed by atoms with Gasteiger partial charge in [-0.2, -0.15) is 0 Å². The first-order valence-corrected chi connectivity index (χ1v) is 1.33. The van der Waals surface area contributed by atoms with E-state index in [0.29, 0.717) is 0 Å². The number of nitrogens with two attached hydrogens (primary N) is 1. The summed E-state index contributed by atoms with van der Waals surface area (Å²) < 4.78 is 15.6. The van der Waals surface area contributed by atoms with Crippen LogP contribution in [0, 0.1) is 0 Å². The Morgan fingerprint density at radius 3 is 1.75 bits per heavy atom. The average Bonchev–Trinajstić information content (AvgIpc) is 0.918. The van der Waals surface area contributed by atoms with Crippen molar-refractivity contribution in [3.63, 3.8) is 0 Å². The zero-order valence-corrected chi connectivity index (χ0v) is 2.99. The first-order valence-electron chi connectivity index (χ1n) is 0.323. The molecule has 0 fully saturated rings. The summed E-state index contributed by atoms with van der Waals surface area (Å²) in [4.78, 5) is 0. The maximum absolute atomic E-state index is 8.52. The summed E-state index contributed by atoms with van der Waals surface area (Å²) in [5.74, 6) is 0. The van der Waals surface area contributed by atoms with Gasteiger partial charge in [-0.05, 0) is 0 Å². The molecular formula is H3MnNO2-. The number of hydrogen-bond acceptors (Lipinski definition) is 1. The second kappa shape index (κ2) is 10.6. The Morgan fingerprint density at radius 1 is 1.75 bits per heavy atom. The number of rotatable bonds is 0. The predicted molar refractivity (Wildman–Crippen MR) is 8.19 cm³/mol. The summed E-state index contributed by atoms with van der Waals surface area (Å²) in [7, 11) is 0. The van der Waals surface area contributed by atoms with E-state index in [-0.39, 0.29) is 6.15 Å². The van der Waals surface area contributed by atoms with Crippen LogP contribution in [0.15, 0.2) is 0 Å². The Hall–Kier alpha value is 0.239. The molecule has 0 aliphatic carbocycles. The third-order valence-electron chi connectivity index (χ3n) is 0. The van der Waals surface area contributed by atoms with Gasteiger partial charge in [0.2, 0.25) is 0 Å². The van der Waals surface area contributed by atoms with Gasteiger partial charge in [-0.25, -0.2) is 0 Å². The molecule has 3 N–H and O–H groups in total. The van der Waals surface area contributed by atoms with Crippen molar-refractivity contribution in [2.75, 3.05) is 0 Å². The molecule has 0 unspecified atom stereocenters. The molecule has 0 amide bonds. The monoisotopic (exact) mass is 104 g/mol. The Morgan fingerprint density at radius 2 is 1.75 bits per heavy atom. The topological polar surface area (TPSA) is 70.8 Å². The van der Waals surface area contributed by atoms with E-state index in [0.717, 1.165) is 0 Å². The van der Waals surface area contributed by atoms with E-state index in [1.165, 1.54) is 0 Å². The minimum atomic E-state index is -1.19. The van der Waals surface area contributed by atoms with Crippen LogP contribution in [0.25, 0.3) is 6.15 Å². The van der Waals surface area contributed by atoms with Gasteiger partial charge in [0, 0.05) is 0 Å². The van der Waals surface area contributed by atoms with Gasteiger partial charge in [-0.3, -0.25) is 0 Å². The van der Waals surface area contributed by atoms with Crippen molar-refractivity contribution in [3.05, 3.63) is 6.15 Å². The average molecular weight is 104 g/mol. The van der Waals surface area contributed by atoms with Crippen LogP contribution in [-0.4, -0.2) is 4.19 Å². The molecule has 0 saturated carbocycles. The van der Waals surface area contributed by atoms with Crippen LogP contribution in [-0.2, 0) is 19.1 Å². The van der Waals surface area contributed by atoms with Crippen molar-refractivity contribution in [3.8, 4) is 0 Å². The van der Waals surface area contributed by atoms with Crippen molar-refractivity contribution in [2.24, 2.45) is 0 Å². The molecule has 4 heteroatoms. The second-order valence-corrected chi connectivity index (χ2v) is 0.285. The summed E-state index contributed by atoms with van der Waals surface area (Å²) in [5.41, 5.74) is 0. The molecule has 0 atom stereocenters. The first kappa shape index (κ1) is 8.87. The van der Waals surface area contributed by atoms with Crippen LogP contribution in [0.3, 0.4) is 0 Å². The van der Waals surface area contributed by atoms with E-state index in [9.17, 15) is 0 Å². The van der Waals surface area contributed by atoms with Crippen LogP contribution in [0.1, 0.15) is 0 Å². The fourth-order valence-corrected chi connectivity index (χ4v) is 0.